The summed E-state index contributed by atoms with van der Waals surface area (Å²) in [6.45, 7) is 0. The number of hydrogen-bond donors (Lipinski definition) is 2. The predicted octanol–water partition coefficient (Wildman–Crippen LogP) is 5.37. The highest BCUT2D eigenvalue weighted by Crippen LogP contribution is 2.35. The van der Waals surface area contributed by atoms with Crippen LogP contribution in [-0.4, -0.2) is 44.1 Å². The molecule has 3 amide bonds. The SMILES string of the molecule is COc1cccc(-c2ccc(C(F)(F)F)cc2)c1C(=O)Nc1ccc2c(c1)CC(NC(=O)N(C)C)C2. The van der Waals surface area contributed by atoms with Gasteiger partial charge in [-0.3, -0.25) is 4.79 Å². The normalized spacial score (nSPS) is 14.7. The lowest BCUT2D eigenvalue weighted by Crippen LogP contribution is -2.41. The first-order valence-electron chi connectivity index (χ1n) is 11.3. The molecule has 2 N–H and O–H groups in total. The van der Waals surface area contributed by atoms with Gasteiger partial charge in [-0.15, -0.1) is 0 Å². The Morgan fingerprint density at radius 1 is 0.972 bits per heavy atom. The van der Waals surface area contributed by atoms with Gasteiger partial charge >= 0.3 is 12.2 Å². The van der Waals surface area contributed by atoms with Gasteiger partial charge in [0.15, 0.2) is 0 Å². The van der Waals surface area contributed by atoms with E-state index < -0.39 is 17.6 Å². The summed E-state index contributed by atoms with van der Waals surface area (Å²) in [7, 11) is 4.80. The largest absolute Gasteiger partial charge is 0.496 e. The topological polar surface area (TPSA) is 70.7 Å². The Kier molecular flexibility index (Phi) is 6.92. The molecule has 1 aliphatic rings. The molecule has 0 saturated heterocycles. The number of urea groups is 1. The fourth-order valence-corrected chi connectivity index (χ4v) is 4.31. The molecule has 1 unspecified atom stereocenters. The third-order valence-corrected chi connectivity index (χ3v) is 6.13. The zero-order valence-electron chi connectivity index (χ0n) is 20.1. The van der Waals surface area contributed by atoms with Gasteiger partial charge in [0.25, 0.3) is 5.91 Å². The van der Waals surface area contributed by atoms with Crippen LogP contribution in [0.5, 0.6) is 5.75 Å². The van der Waals surface area contributed by atoms with Crippen LogP contribution in [0.25, 0.3) is 11.1 Å². The van der Waals surface area contributed by atoms with Crippen LogP contribution >= 0.6 is 0 Å². The zero-order chi connectivity index (χ0) is 26.0. The van der Waals surface area contributed by atoms with Crippen molar-refractivity contribution in [2.75, 3.05) is 26.5 Å². The van der Waals surface area contributed by atoms with Crippen LogP contribution in [-0.2, 0) is 19.0 Å². The van der Waals surface area contributed by atoms with Crippen molar-refractivity contribution < 1.29 is 27.5 Å². The van der Waals surface area contributed by atoms with E-state index in [0.717, 1.165) is 23.3 Å². The van der Waals surface area contributed by atoms with Crippen LogP contribution in [0.15, 0.2) is 60.7 Å². The van der Waals surface area contributed by atoms with Crippen LogP contribution < -0.4 is 15.4 Å². The minimum absolute atomic E-state index is 0.0265. The summed E-state index contributed by atoms with van der Waals surface area (Å²) < 4.78 is 44.4. The van der Waals surface area contributed by atoms with Crippen LogP contribution in [0.1, 0.15) is 27.0 Å². The molecule has 0 heterocycles. The lowest BCUT2D eigenvalue weighted by Gasteiger charge is -2.16. The second kappa shape index (κ2) is 9.93. The van der Waals surface area contributed by atoms with Crippen LogP contribution in [0.4, 0.5) is 23.7 Å². The highest BCUT2D eigenvalue weighted by molar-refractivity contribution is 6.10. The molecule has 0 fully saturated rings. The average molecular weight is 498 g/mol. The van der Waals surface area contributed by atoms with Crippen molar-refractivity contribution in [1.29, 1.82) is 0 Å². The molecular weight excluding hydrogens is 471 g/mol. The number of alkyl halides is 3. The Bertz CT molecular complexity index is 1290. The third kappa shape index (κ3) is 5.30. The number of anilines is 1. The number of halogens is 3. The van der Waals surface area contributed by atoms with Gasteiger partial charge in [0.1, 0.15) is 5.75 Å². The number of methoxy groups -OCH3 is 1. The number of carbonyl (C=O) groups excluding carboxylic acids is 2. The molecule has 0 radical (unpaired) electrons. The summed E-state index contributed by atoms with van der Waals surface area (Å²) in [6, 6.07) is 15.0. The Hall–Kier alpha value is -4.01. The number of nitrogens with one attached hydrogen (secondary N) is 2. The van der Waals surface area contributed by atoms with E-state index in [0.29, 0.717) is 35.4 Å². The van der Waals surface area contributed by atoms with Gasteiger partial charge in [-0.25, -0.2) is 4.79 Å². The van der Waals surface area contributed by atoms with Crippen LogP contribution in [0, 0.1) is 0 Å². The van der Waals surface area contributed by atoms with E-state index in [4.69, 9.17) is 4.74 Å². The average Bonchev–Trinajstić information content (AvgIpc) is 3.24. The highest BCUT2D eigenvalue weighted by atomic mass is 19.4. The van der Waals surface area contributed by atoms with Crippen LogP contribution in [0.2, 0.25) is 0 Å². The summed E-state index contributed by atoms with van der Waals surface area (Å²) >= 11 is 0. The molecule has 0 spiro atoms. The van der Waals surface area contributed by atoms with E-state index in [9.17, 15) is 22.8 Å². The molecule has 3 aromatic rings. The number of fused-ring (bicyclic) bond motifs is 1. The number of benzene rings is 3. The molecule has 9 heteroatoms. The molecule has 36 heavy (non-hydrogen) atoms. The maximum Gasteiger partial charge on any atom is 0.416 e. The van der Waals surface area contributed by atoms with Gasteiger partial charge in [-0.1, -0.05) is 30.3 Å². The number of ether oxygens (including phenoxy) is 1. The Morgan fingerprint density at radius 3 is 2.31 bits per heavy atom. The molecule has 6 nitrogen and oxygen atoms in total. The molecule has 1 aliphatic carbocycles. The monoisotopic (exact) mass is 497 g/mol. The lowest BCUT2D eigenvalue weighted by molar-refractivity contribution is -0.137. The minimum Gasteiger partial charge on any atom is -0.496 e. The van der Waals surface area contributed by atoms with Crippen LogP contribution in [0.3, 0.4) is 0 Å². The van der Waals surface area contributed by atoms with E-state index in [1.165, 1.54) is 24.1 Å². The van der Waals surface area contributed by atoms with Gasteiger partial charge in [-0.2, -0.15) is 13.2 Å². The summed E-state index contributed by atoms with van der Waals surface area (Å²) in [6.07, 6.45) is -3.10. The molecule has 0 bridgehead atoms. The predicted molar refractivity (Wildman–Crippen MR) is 131 cm³/mol. The van der Waals surface area contributed by atoms with E-state index in [2.05, 4.69) is 10.6 Å². The number of hydrogen-bond acceptors (Lipinski definition) is 3. The van der Waals surface area contributed by atoms with Crippen molar-refractivity contribution >= 4 is 17.6 Å². The van der Waals surface area contributed by atoms with Crippen molar-refractivity contribution in [3.63, 3.8) is 0 Å². The summed E-state index contributed by atoms with van der Waals surface area (Å²) in [4.78, 5) is 26.8. The first kappa shape index (κ1) is 25.1. The first-order valence-corrected chi connectivity index (χ1v) is 11.3. The first-order chi connectivity index (χ1) is 17.1. The van der Waals surface area contributed by atoms with E-state index in [1.54, 1.807) is 38.4 Å². The number of carbonyl (C=O) groups is 2. The standard InChI is InChI=1S/C27H26F3N3O3/c1-33(2)26(35)32-21-13-17-9-12-20(14-18(17)15-21)31-25(34)24-22(5-4-6-23(24)36-3)16-7-10-19(11-8-16)27(28,29)30/h4-12,14,21H,13,15H2,1-3H3,(H,31,34)(H,32,35). The molecule has 3 aromatic carbocycles. The van der Waals surface area contributed by atoms with E-state index in [-0.39, 0.29) is 17.6 Å². The second-order valence-corrected chi connectivity index (χ2v) is 8.84. The van der Waals surface area contributed by atoms with Crippen molar-refractivity contribution in [3.05, 3.63) is 82.9 Å². The number of nitrogens with zero attached hydrogens (tertiary/aromatic N) is 1. The van der Waals surface area contributed by atoms with Gasteiger partial charge < -0.3 is 20.3 Å². The second-order valence-electron chi connectivity index (χ2n) is 8.84. The van der Waals surface area contributed by atoms with Crippen molar-refractivity contribution in [2.45, 2.75) is 25.1 Å². The van der Waals surface area contributed by atoms with Crippen molar-refractivity contribution in [1.82, 2.24) is 10.2 Å². The summed E-state index contributed by atoms with van der Waals surface area (Å²) in [5.41, 5.74) is 3.06. The van der Waals surface area contributed by atoms with E-state index in [1.807, 2.05) is 12.1 Å². The molecule has 0 aliphatic heterocycles. The highest BCUT2D eigenvalue weighted by Gasteiger charge is 2.30. The van der Waals surface area contributed by atoms with Gasteiger partial charge in [0.05, 0.1) is 18.2 Å². The molecule has 0 saturated carbocycles. The summed E-state index contributed by atoms with van der Waals surface area (Å²) in [5, 5.41) is 5.87. The van der Waals surface area contributed by atoms with Crippen molar-refractivity contribution in [2.24, 2.45) is 0 Å². The smallest absolute Gasteiger partial charge is 0.416 e. The molecule has 1 atom stereocenters. The molecule has 0 aromatic heterocycles. The molecular formula is C27H26F3N3O3. The quantitative estimate of drug-likeness (QED) is 0.498. The lowest BCUT2D eigenvalue weighted by atomic mass is 9.97. The Balaban J connectivity index is 1.58. The van der Waals surface area contributed by atoms with Gasteiger partial charge in [-0.05, 0) is 65.4 Å². The Labute approximate surface area is 207 Å². The van der Waals surface area contributed by atoms with Crippen molar-refractivity contribution in [3.8, 4) is 16.9 Å². The van der Waals surface area contributed by atoms with E-state index >= 15 is 0 Å². The fourth-order valence-electron chi connectivity index (χ4n) is 4.31. The van der Waals surface area contributed by atoms with Gasteiger partial charge in [0.2, 0.25) is 0 Å². The fraction of sp³-hybridized carbons (Fsp3) is 0.259. The number of rotatable bonds is 5. The third-order valence-electron chi connectivity index (χ3n) is 6.13. The number of amides is 3. The van der Waals surface area contributed by atoms with Gasteiger partial charge in [0, 0.05) is 25.8 Å². The molecule has 4 rings (SSSR count). The maximum absolute atomic E-state index is 13.4. The molecule has 188 valence electrons. The minimum atomic E-state index is -4.45. The maximum atomic E-state index is 13.4. The zero-order valence-corrected chi connectivity index (χ0v) is 20.1. The Morgan fingerprint density at radius 2 is 1.67 bits per heavy atom. The summed E-state index contributed by atoms with van der Waals surface area (Å²) in [5.74, 6) is -0.143.